The van der Waals surface area contributed by atoms with Gasteiger partial charge < -0.3 is 10.1 Å². The number of hydrogen-bond acceptors (Lipinski definition) is 5. The molecule has 0 saturated carbocycles. The van der Waals surface area contributed by atoms with E-state index in [1.165, 1.54) is 4.80 Å². The minimum atomic E-state index is -1.91. The van der Waals surface area contributed by atoms with Crippen LogP contribution >= 0.6 is 12.2 Å². The number of halogens is 4. The number of hydrogen-bond donors (Lipinski definition) is 2. The summed E-state index contributed by atoms with van der Waals surface area (Å²) in [6, 6.07) is 12.5. The number of aromatic nitrogens is 3. The highest BCUT2D eigenvalue weighted by molar-refractivity contribution is 7.80. The minimum Gasteiger partial charge on any atom is -0.491 e. The van der Waals surface area contributed by atoms with E-state index in [1.807, 2.05) is 35.6 Å². The number of nitrogens with one attached hydrogen (secondary N) is 2. The molecule has 0 unspecified atom stereocenters. The fourth-order valence-electron chi connectivity index (χ4n) is 3.19. The van der Waals surface area contributed by atoms with Gasteiger partial charge in [0.05, 0.1) is 12.8 Å². The van der Waals surface area contributed by atoms with Crippen LogP contribution in [0.15, 0.2) is 42.5 Å². The smallest absolute Gasteiger partial charge is 0.263 e. The fraction of sp³-hybridized carbons (Fsp3) is 0.0909. The maximum Gasteiger partial charge on any atom is 0.263 e. The third kappa shape index (κ3) is 4.15. The van der Waals surface area contributed by atoms with Crippen molar-refractivity contribution in [3.05, 3.63) is 76.9 Å². The third-order valence-corrected chi connectivity index (χ3v) is 5.05. The topological polar surface area (TPSA) is 81.1 Å². The van der Waals surface area contributed by atoms with Crippen molar-refractivity contribution < 1.29 is 27.1 Å². The molecule has 1 heterocycles. The van der Waals surface area contributed by atoms with Crippen molar-refractivity contribution in [2.75, 3.05) is 12.4 Å². The molecule has 0 aliphatic carbocycles. The highest BCUT2D eigenvalue weighted by atomic mass is 32.1. The van der Waals surface area contributed by atoms with Crippen molar-refractivity contribution in [3.8, 4) is 11.4 Å². The maximum absolute atomic E-state index is 14.2. The molecule has 4 aromatic rings. The van der Waals surface area contributed by atoms with E-state index >= 15 is 0 Å². The summed E-state index contributed by atoms with van der Waals surface area (Å²) in [5.41, 5.74) is 1.46. The molecule has 3 aromatic carbocycles. The SMILES string of the molecule is COc1c(F)c(F)c(C(=O)NC(=S)Nc2cc3nn(-c4ccccc4)nc3cc2C)c(F)c1F. The first kappa shape index (κ1) is 23.1. The number of aryl methyl sites for hydroxylation is 1. The van der Waals surface area contributed by atoms with Crippen molar-refractivity contribution in [2.45, 2.75) is 6.92 Å². The molecule has 4 rings (SSSR count). The van der Waals surface area contributed by atoms with Crippen molar-refractivity contribution in [1.82, 2.24) is 20.3 Å². The van der Waals surface area contributed by atoms with Gasteiger partial charge in [-0.25, -0.2) is 8.78 Å². The van der Waals surface area contributed by atoms with Crippen LogP contribution in [0, 0.1) is 30.2 Å². The Hall–Kier alpha value is -4.06. The molecule has 0 spiro atoms. The van der Waals surface area contributed by atoms with Crippen LogP contribution in [0.3, 0.4) is 0 Å². The van der Waals surface area contributed by atoms with Crippen LogP contribution in [-0.2, 0) is 0 Å². The molecule has 2 N–H and O–H groups in total. The summed E-state index contributed by atoms with van der Waals surface area (Å²) in [5.74, 6) is -10.3. The van der Waals surface area contributed by atoms with E-state index in [-0.39, 0.29) is 5.11 Å². The number of ether oxygens (including phenoxy) is 1. The fourth-order valence-corrected chi connectivity index (χ4v) is 3.39. The van der Waals surface area contributed by atoms with Crippen molar-refractivity contribution in [3.63, 3.8) is 0 Å². The summed E-state index contributed by atoms with van der Waals surface area (Å²) in [6.07, 6.45) is 0. The first-order chi connectivity index (χ1) is 16.2. The van der Waals surface area contributed by atoms with Crippen LogP contribution in [0.4, 0.5) is 23.2 Å². The molecule has 1 amide bonds. The second-order valence-electron chi connectivity index (χ2n) is 7.05. The van der Waals surface area contributed by atoms with Crippen molar-refractivity contribution in [1.29, 1.82) is 0 Å². The van der Waals surface area contributed by atoms with Gasteiger partial charge in [-0.2, -0.15) is 13.6 Å². The Balaban J connectivity index is 1.57. The van der Waals surface area contributed by atoms with Gasteiger partial charge in [0.1, 0.15) is 16.6 Å². The Kier molecular flexibility index (Phi) is 6.16. The number of rotatable bonds is 4. The highest BCUT2D eigenvalue weighted by Gasteiger charge is 2.30. The number of carbonyl (C=O) groups excluding carboxylic acids is 1. The zero-order valence-corrected chi connectivity index (χ0v) is 18.4. The predicted octanol–water partition coefficient (Wildman–Crippen LogP) is 4.42. The minimum absolute atomic E-state index is 0.363. The molecule has 0 aliphatic rings. The number of anilines is 1. The van der Waals surface area contributed by atoms with E-state index in [9.17, 15) is 22.4 Å². The van der Waals surface area contributed by atoms with Gasteiger partial charge in [-0.05, 0) is 49.0 Å². The number of fused-ring (bicyclic) bond motifs is 1. The lowest BCUT2D eigenvalue weighted by Crippen LogP contribution is -2.35. The van der Waals surface area contributed by atoms with Gasteiger partial charge in [-0.3, -0.25) is 10.1 Å². The zero-order chi connectivity index (χ0) is 24.6. The van der Waals surface area contributed by atoms with Crippen LogP contribution in [0.1, 0.15) is 15.9 Å². The van der Waals surface area contributed by atoms with Gasteiger partial charge in [0.25, 0.3) is 5.91 Å². The Morgan fingerprint density at radius 1 is 0.971 bits per heavy atom. The molecule has 0 aliphatic heterocycles. The van der Waals surface area contributed by atoms with Crippen LogP contribution in [0.5, 0.6) is 5.75 Å². The van der Waals surface area contributed by atoms with E-state index < -0.39 is 40.5 Å². The summed E-state index contributed by atoms with van der Waals surface area (Å²) in [5, 5.41) is 13.2. The largest absolute Gasteiger partial charge is 0.491 e. The highest BCUT2D eigenvalue weighted by Crippen LogP contribution is 2.30. The number of nitrogens with zero attached hydrogens (tertiary/aromatic N) is 3. The van der Waals surface area contributed by atoms with E-state index in [2.05, 4.69) is 20.3 Å². The number of benzene rings is 3. The van der Waals surface area contributed by atoms with E-state index in [1.54, 1.807) is 19.1 Å². The van der Waals surface area contributed by atoms with E-state index in [0.717, 1.165) is 12.8 Å². The quantitative estimate of drug-likeness (QED) is 0.251. The van der Waals surface area contributed by atoms with Gasteiger partial charge >= 0.3 is 0 Å². The molecule has 7 nitrogen and oxygen atoms in total. The van der Waals surface area contributed by atoms with Gasteiger partial charge in [0.2, 0.25) is 11.6 Å². The second-order valence-corrected chi connectivity index (χ2v) is 7.46. The standard InChI is InChI=1S/C22H15F4N5O2S/c1-10-8-13-14(30-31(29-13)11-6-4-3-5-7-11)9-12(10)27-22(34)28-21(32)15-16(23)18(25)20(33-2)19(26)17(15)24/h3-9H,1-2H3,(H2,27,28,32,34). The normalized spacial score (nSPS) is 10.9. The van der Waals surface area contributed by atoms with Gasteiger partial charge in [0, 0.05) is 5.69 Å². The first-order valence-corrected chi connectivity index (χ1v) is 10.1. The number of thiocarbonyl (C=S) groups is 1. The summed E-state index contributed by atoms with van der Waals surface area (Å²) >= 11 is 5.04. The Bertz CT molecular complexity index is 1410. The van der Waals surface area contributed by atoms with Crippen LogP contribution < -0.4 is 15.4 Å². The van der Waals surface area contributed by atoms with Gasteiger partial charge in [-0.15, -0.1) is 10.2 Å². The molecular weight excluding hydrogens is 474 g/mol. The van der Waals surface area contributed by atoms with Crippen molar-refractivity contribution >= 4 is 40.0 Å². The molecular formula is C22H15F4N5O2S. The number of para-hydroxylation sites is 1. The number of methoxy groups -OCH3 is 1. The van der Waals surface area contributed by atoms with Gasteiger partial charge in [0.15, 0.2) is 22.5 Å². The third-order valence-electron chi connectivity index (χ3n) is 4.84. The monoisotopic (exact) mass is 489 g/mol. The molecule has 1 aromatic heterocycles. The Labute approximate surface area is 195 Å². The molecule has 0 fully saturated rings. The molecule has 0 saturated heterocycles. The number of amides is 1. The number of carbonyl (C=O) groups is 1. The lowest BCUT2D eigenvalue weighted by atomic mass is 10.1. The molecule has 0 atom stereocenters. The predicted molar refractivity (Wildman–Crippen MR) is 120 cm³/mol. The van der Waals surface area contributed by atoms with Crippen molar-refractivity contribution in [2.24, 2.45) is 0 Å². The average molecular weight is 489 g/mol. The lowest BCUT2D eigenvalue weighted by Gasteiger charge is -2.13. The first-order valence-electron chi connectivity index (χ1n) is 9.66. The maximum atomic E-state index is 14.2. The second kappa shape index (κ2) is 9.06. The zero-order valence-electron chi connectivity index (χ0n) is 17.6. The van der Waals surface area contributed by atoms with Gasteiger partial charge in [-0.1, -0.05) is 18.2 Å². The summed E-state index contributed by atoms with van der Waals surface area (Å²) in [7, 11) is 0.830. The van der Waals surface area contributed by atoms with E-state index in [4.69, 9.17) is 12.2 Å². The summed E-state index contributed by atoms with van der Waals surface area (Å²) in [4.78, 5) is 13.8. The summed E-state index contributed by atoms with van der Waals surface area (Å²) < 4.78 is 60.5. The molecule has 0 radical (unpaired) electrons. The summed E-state index contributed by atoms with van der Waals surface area (Å²) in [6.45, 7) is 1.74. The lowest BCUT2D eigenvalue weighted by molar-refractivity contribution is 0.0966. The van der Waals surface area contributed by atoms with Crippen LogP contribution in [-0.4, -0.2) is 33.1 Å². The molecule has 174 valence electrons. The Morgan fingerprint density at radius 2 is 1.56 bits per heavy atom. The molecule has 34 heavy (non-hydrogen) atoms. The average Bonchev–Trinajstić information content (AvgIpc) is 3.22. The molecule has 0 bridgehead atoms. The Morgan fingerprint density at radius 3 is 2.15 bits per heavy atom. The van der Waals surface area contributed by atoms with Crippen LogP contribution in [0.25, 0.3) is 16.7 Å². The van der Waals surface area contributed by atoms with Crippen LogP contribution in [0.2, 0.25) is 0 Å². The van der Waals surface area contributed by atoms with E-state index in [0.29, 0.717) is 22.3 Å². The molecule has 12 heteroatoms.